The van der Waals surface area contributed by atoms with Gasteiger partial charge in [-0.25, -0.2) is 0 Å². The lowest BCUT2D eigenvalue weighted by atomic mass is 9.97. The van der Waals surface area contributed by atoms with Crippen molar-refractivity contribution in [1.29, 1.82) is 0 Å². The number of aryl methyl sites for hydroxylation is 1. The molecule has 1 fully saturated rings. The molecule has 0 aliphatic carbocycles. The van der Waals surface area contributed by atoms with E-state index in [0.717, 1.165) is 25.0 Å². The summed E-state index contributed by atoms with van der Waals surface area (Å²) in [5, 5.41) is 9.14. The number of nitrogens with zero attached hydrogens (tertiary/aromatic N) is 3. The lowest BCUT2D eigenvalue weighted by molar-refractivity contribution is 0.140. The zero-order valence-electron chi connectivity index (χ0n) is 16.5. The predicted octanol–water partition coefficient (Wildman–Crippen LogP) is 3.84. The molecule has 1 saturated heterocycles. The average Bonchev–Trinajstić information content (AvgIpc) is 3.31. The monoisotopic (exact) mass is 501 g/mol. The maximum absolute atomic E-state index is 4.39. The molecule has 2 N–H and O–H groups in total. The van der Waals surface area contributed by atoms with Crippen LogP contribution in [0, 0.1) is 5.92 Å². The Balaban J connectivity index is 0.00000261. The van der Waals surface area contributed by atoms with Gasteiger partial charge in [-0.2, -0.15) is 0 Å². The minimum Gasteiger partial charge on any atom is -0.357 e. The first-order valence-corrected chi connectivity index (χ1v) is 10.4. The number of hydrogen-bond acceptors (Lipinski definition) is 3. The highest BCUT2D eigenvalue weighted by atomic mass is 127. The minimum absolute atomic E-state index is 0. The number of aliphatic imine (C=N–C) groups is 1. The van der Waals surface area contributed by atoms with Crippen LogP contribution in [0.4, 0.5) is 0 Å². The fourth-order valence-corrected chi connectivity index (χ4v) is 4.36. The molecule has 0 spiro atoms. The third-order valence-electron chi connectivity index (χ3n) is 5.17. The minimum atomic E-state index is 0. The van der Waals surface area contributed by atoms with Crippen molar-refractivity contribution in [2.75, 3.05) is 26.7 Å². The largest absolute Gasteiger partial charge is 0.357 e. The van der Waals surface area contributed by atoms with Crippen LogP contribution in [0.3, 0.4) is 0 Å². The highest BCUT2D eigenvalue weighted by Crippen LogP contribution is 2.29. The van der Waals surface area contributed by atoms with Gasteiger partial charge in [0.05, 0.1) is 6.04 Å². The van der Waals surface area contributed by atoms with Crippen molar-refractivity contribution in [2.24, 2.45) is 18.0 Å². The number of hydrogen-bond donors (Lipinski definition) is 2. The maximum Gasteiger partial charge on any atom is 0.191 e. The average molecular weight is 501 g/mol. The predicted molar refractivity (Wildman–Crippen MR) is 126 cm³/mol. The highest BCUT2D eigenvalue weighted by Gasteiger charge is 2.25. The molecule has 0 bridgehead atoms. The second-order valence-corrected chi connectivity index (χ2v) is 8.22. The van der Waals surface area contributed by atoms with E-state index in [1.165, 1.54) is 36.4 Å². The van der Waals surface area contributed by atoms with Gasteiger partial charge in [0, 0.05) is 44.5 Å². The Bertz CT molecular complexity index is 689. The number of rotatable bonds is 6. The molecule has 2 aromatic heterocycles. The topological polar surface area (TPSA) is 44.6 Å². The third-order valence-corrected chi connectivity index (χ3v) is 6.14. The van der Waals surface area contributed by atoms with Crippen LogP contribution in [0.5, 0.6) is 0 Å². The maximum atomic E-state index is 4.39. The number of aromatic nitrogens is 1. The molecule has 2 aromatic rings. The third kappa shape index (κ3) is 6.50. The van der Waals surface area contributed by atoms with Gasteiger partial charge < -0.3 is 15.2 Å². The van der Waals surface area contributed by atoms with Gasteiger partial charge >= 0.3 is 0 Å². The van der Waals surface area contributed by atoms with Crippen LogP contribution in [0.25, 0.3) is 0 Å². The molecule has 27 heavy (non-hydrogen) atoms. The van der Waals surface area contributed by atoms with Crippen molar-refractivity contribution in [3.8, 4) is 0 Å². The molecule has 0 amide bonds. The zero-order valence-corrected chi connectivity index (χ0v) is 19.7. The van der Waals surface area contributed by atoms with Gasteiger partial charge in [-0.3, -0.25) is 9.89 Å². The smallest absolute Gasteiger partial charge is 0.191 e. The van der Waals surface area contributed by atoms with Gasteiger partial charge in [0.15, 0.2) is 5.96 Å². The highest BCUT2D eigenvalue weighted by molar-refractivity contribution is 14.0. The Morgan fingerprint density at radius 3 is 2.67 bits per heavy atom. The molecule has 1 unspecified atom stereocenters. The van der Waals surface area contributed by atoms with E-state index in [1.54, 1.807) is 0 Å². The van der Waals surface area contributed by atoms with E-state index < -0.39 is 0 Å². The molecule has 0 aromatic carbocycles. The summed E-state index contributed by atoms with van der Waals surface area (Å²) >= 11 is 1.85. The second-order valence-electron chi connectivity index (χ2n) is 7.24. The zero-order chi connectivity index (χ0) is 18.4. The first kappa shape index (κ1) is 22.2. The molecular formula is C20H32IN5S. The first-order chi connectivity index (χ1) is 12.7. The standard InChI is InChI=1S/C20H31N5S.HI/c1-16-6-10-25(11-7-16)18(19-5-4-12-26-19)14-23-20(21-2)22-13-17-8-9-24(3)15-17;/h4-5,8-9,12,15-16,18H,6-7,10-11,13-14H2,1-3H3,(H2,21,22,23);1H. The molecule has 7 heteroatoms. The summed E-state index contributed by atoms with van der Waals surface area (Å²) in [6.45, 7) is 6.39. The Labute approximate surface area is 184 Å². The van der Waals surface area contributed by atoms with Gasteiger partial charge in [-0.15, -0.1) is 35.3 Å². The van der Waals surface area contributed by atoms with E-state index in [1.807, 2.05) is 25.4 Å². The number of guanidine groups is 1. The SMILES string of the molecule is CN=C(NCc1ccn(C)c1)NCC(c1cccs1)N1CCC(C)CC1.I. The lowest BCUT2D eigenvalue weighted by Gasteiger charge is -2.36. The van der Waals surface area contributed by atoms with Crippen LogP contribution in [-0.4, -0.2) is 42.1 Å². The molecular weight excluding hydrogens is 469 g/mol. The molecule has 0 radical (unpaired) electrons. The van der Waals surface area contributed by atoms with Gasteiger partial charge in [0.25, 0.3) is 0 Å². The first-order valence-electron chi connectivity index (χ1n) is 9.48. The number of likely N-dealkylation sites (tertiary alicyclic amines) is 1. The van der Waals surface area contributed by atoms with E-state index in [0.29, 0.717) is 6.04 Å². The lowest BCUT2D eigenvalue weighted by Crippen LogP contribution is -2.44. The van der Waals surface area contributed by atoms with E-state index in [-0.39, 0.29) is 24.0 Å². The summed E-state index contributed by atoms with van der Waals surface area (Å²) in [6, 6.07) is 6.96. The normalized spacial score (nSPS) is 17.4. The van der Waals surface area contributed by atoms with Gasteiger partial charge in [-0.05, 0) is 54.9 Å². The number of piperidine rings is 1. The van der Waals surface area contributed by atoms with Crippen LogP contribution < -0.4 is 10.6 Å². The Morgan fingerprint density at radius 2 is 2.07 bits per heavy atom. The quantitative estimate of drug-likeness (QED) is 0.359. The van der Waals surface area contributed by atoms with Crippen LogP contribution >= 0.6 is 35.3 Å². The van der Waals surface area contributed by atoms with Gasteiger partial charge in [0.2, 0.25) is 0 Å². The summed E-state index contributed by atoms with van der Waals surface area (Å²) in [6.07, 6.45) is 6.78. The van der Waals surface area contributed by atoms with E-state index in [9.17, 15) is 0 Å². The van der Waals surface area contributed by atoms with Crippen LogP contribution in [-0.2, 0) is 13.6 Å². The molecule has 3 heterocycles. The second kappa shape index (κ2) is 11.1. The molecule has 0 saturated carbocycles. The molecule has 5 nitrogen and oxygen atoms in total. The Kier molecular flexibility index (Phi) is 9.11. The summed E-state index contributed by atoms with van der Waals surface area (Å²) in [4.78, 5) is 8.46. The molecule has 150 valence electrons. The van der Waals surface area contributed by atoms with Crippen molar-refractivity contribution in [1.82, 2.24) is 20.1 Å². The van der Waals surface area contributed by atoms with Gasteiger partial charge in [0.1, 0.15) is 0 Å². The van der Waals surface area contributed by atoms with Crippen molar-refractivity contribution in [3.63, 3.8) is 0 Å². The molecule has 3 rings (SSSR count). The van der Waals surface area contributed by atoms with Crippen molar-refractivity contribution >= 4 is 41.3 Å². The van der Waals surface area contributed by atoms with E-state index >= 15 is 0 Å². The number of halogens is 1. The van der Waals surface area contributed by atoms with E-state index in [4.69, 9.17) is 0 Å². The Morgan fingerprint density at radius 1 is 1.30 bits per heavy atom. The van der Waals surface area contributed by atoms with Gasteiger partial charge in [-0.1, -0.05) is 13.0 Å². The van der Waals surface area contributed by atoms with E-state index in [2.05, 4.69) is 68.0 Å². The van der Waals surface area contributed by atoms with Crippen LogP contribution in [0.1, 0.15) is 36.2 Å². The summed E-state index contributed by atoms with van der Waals surface area (Å²) in [5.41, 5.74) is 1.26. The summed E-state index contributed by atoms with van der Waals surface area (Å²) in [5.74, 6) is 1.71. The fourth-order valence-electron chi connectivity index (χ4n) is 3.50. The number of thiophene rings is 1. The van der Waals surface area contributed by atoms with Crippen molar-refractivity contribution < 1.29 is 0 Å². The van der Waals surface area contributed by atoms with Crippen molar-refractivity contribution in [2.45, 2.75) is 32.4 Å². The molecule has 1 aliphatic heterocycles. The summed E-state index contributed by atoms with van der Waals surface area (Å²) in [7, 11) is 3.88. The molecule has 1 aliphatic rings. The number of nitrogens with one attached hydrogen (secondary N) is 2. The molecule has 1 atom stereocenters. The van der Waals surface area contributed by atoms with Crippen LogP contribution in [0.15, 0.2) is 41.0 Å². The fraction of sp³-hybridized carbons (Fsp3) is 0.550. The van der Waals surface area contributed by atoms with Crippen molar-refractivity contribution in [3.05, 3.63) is 46.4 Å². The van der Waals surface area contributed by atoms with Crippen LogP contribution in [0.2, 0.25) is 0 Å². The Hall–Kier alpha value is -1.06. The summed E-state index contributed by atoms with van der Waals surface area (Å²) < 4.78 is 2.07.